The molecule has 6 heteroatoms. The summed E-state index contributed by atoms with van der Waals surface area (Å²) in [7, 11) is 0. The van der Waals surface area contributed by atoms with E-state index in [4.69, 9.17) is 10.8 Å². The number of aromatic carboxylic acids is 1. The van der Waals surface area contributed by atoms with Gasteiger partial charge >= 0.3 is 11.9 Å². The minimum absolute atomic E-state index is 0.208. The molecular formula is C9H7N3O3. The lowest BCUT2D eigenvalue weighted by Crippen LogP contribution is -1.95. The largest absolute Gasteiger partial charge is 0.474 e. The number of nitrogens with zero attached hydrogens (tertiary/aromatic N) is 2. The number of benzene rings is 1. The Labute approximate surface area is 84.3 Å². The Morgan fingerprint density at radius 3 is 2.87 bits per heavy atom. The van der Waals surface area contributed by atoms with E-state index >= 15 is 0 Å². The maximum atomic E-state index is 10.5. The highest BCUT2D eigenvalue weighted by atomic mass is 16.5. The number of aromatic nitrogens is 2. The first-order chi connectivity index (χ1) is 7.16. The molecule has 0 fully saturated rings. The topological polar surface area (TPSA) is 102 Å². The summed E-state index contributed by atoms with van der Waals surface area (Å²) in [6.07, 6.45) is 0. The van der Waals surface area contributed by atoms with Crippen LogP contribution in [0.2, 0.25) is 0 Å². The first-order valence-electron chi connectivity index (χ1n) is 4.10. The van der Waals surface area contributed by atoms with Gasteiger partial charge in [-0.25, -0.2) is 4.79 Å². The maximum Gasteiger partial charge on any atom is 0.394 e. The molecule has 1 heterocycles. The molecule has 3 N–H and O–H groups in total. The SMILES string of the molecule is Nc1cccc(-c2noc(C(=O)O)n2)c1. The van der Waals surface area contributed by atoms with E-state index in [0.29, 0.717) is 11.3 Å². The van der Waals surface area contributed by atoms with Crippen molar-refractivity contribution in [3.63, 3.8) is 0 Å². The van der Waals surface area contributed by atoms with Crippen LogP contribution in [-0.4, -0.2) is 21.2 Å². The van der Waals surface area contributed by atoms with Crippen LogP contribution < -0.4 is 5.73 Å². The van der Waals surface area contributed by atoms with Crippen LogP contribution in [0.3, 0.4) is 0 Å². The van der Waals surface area contributed by atoms with E-state index < -0.39 is 11.9 Å². The third kappa shape index (κ3) is 1.78. The van der Waals surface area contributed by atoms with Gasteiger partial charge in [0.05, 0.1) is 0 Å². The normalized spacial score (nSPS) is 10.1. The summed E-state index contributed by atoms with van der Waals surface area (Å²) in [6.45, 7) is 0. The molecule has 2 aromatic rings. The number of carboxylic acid groups (broad SMARTS) is 1. The molecular weight excluding hydrogens is 198 g/mol. The van der Waals surface area contributed by atoms with Crippen molar-refractivity contribution in [3.8, 4) is 11.4 Å². The van der Waals surface area contributed by atoms with E-state index in [1.807, 2.05) is 0 Å². The van der Waals surface area contributed by atoms with E-state index in [1.54, 1.807) is 24.3 Å². The van der Waals surface area contributed by atoms with Crippen LogP contribution in [0.1, 0.15) is 10.7 Å². The minimum Gasteiger partial charge on any atom is -0.474 e. The van der Waals surface area contributed by atoms with Gasteiger partial charge in [-0.2, -0.15) is 4.98 Å². The van der Waals surface area contributed by atoms with Crippen LogP contribution in [0.25, 0.3) is 11.4 Å². The summed E-state index contributed by atoms with van der Waals surface area (Å²) in [6, 6.07) is 6.78. The number of hydrogen-bond donors (Lipinski definition) is 2. The molecule has 0 unspecified atom stereocenters. The number of nitrogen functional groups attached to an aromatic ring is 1. The standard InChI is InChI=1S/C9H7N3O3/c10-6-3-1-2-5(4-6)7-11-8(9(13)14)15-12-7/h1-4H,10H2,(H,13,14). The first kappa shape index (κ1) is 9.20. The number of carbonyl (C=O) groups is 1. The highest BCUT2D eigenvalue weighted by Gasteiger charge is 2.14. The Hall–Kier alpha value is -2.37. The molecule has 0 radical (unpaired) electrons. The molecule has 76 valence electrons. The van der Waals surface area contributed by atoms with Crippen molar-refractivity contribution in [2.24, 2.45) is 0 Å². The molecule has 0 atom stereocenters. The van der Waals surface area contributed by atoms with Gasteiger partial charge in [0.1, 0.15) is 0 Å². The average molecular weight is 205 g/mol. The van der Waals surface area contributed by atoms with Crippen molar-refractivity contribution >= 4 is 11.7 Å². The van der Waals surface area contributed by atoms with Crippen molar-refractivity contribution in [2.45, 2.75) is 0 Å². The smallest absolute Gasteiger partial charge is 0.394 e. The van der Waals surface area contributed by atoms with Crippen LogP contribution in [0.15, 0.2) is 28.8 Å². The molecule has 1 aromatic carbocycles. The van der Waals surface area contributed by atoms with E-state index in [1.165, 1.54) is 0 Å². The van der Waals surface area contributed by atoms with E-state index in [2.05, 4.69) is 14.7 Å². The Morgan fingerprint density at radius 1 is 1.47 bits per heavy atom. The predicted molar refractivity (Wildman–Crippen MR) is 51.1 cm³/mol. The van der Waals surface area contributed by atoms with Gasteiger partial charge in [-0.15, -0.1) is 0 Å². The fraction of sp³-hybridized carbons (Fsp3) is 0. The summed E-state index contributed by atoms with van der Waals surface area (Å²) in [4.78, 5) is 14.2. The third-order valence-corrected chi connectivity index (χ3v) is 1.75. The summed E-state index contributed by atoms with van der Waals surface area (Å²) in [5.74, 6) is -1.48. The molecule has 0 amide bonds. The molecule has 6 nitrogen and oxygen atoms in total. The van der Waals surface area contributed by atoms with Gasteiger partial charge in [-0.1, -0.05) is 17.3 Å². The van der Waals surface area contributed by atoms with Crippen molar-refractivity contribution in [3.05, 3.63) is 30.2 Å². The van der Waals surface area contributed by atoms with Gasteiger partial charge in [-0.05, 0) is 12.1 Å². The molecule has 0 saturated heterocycles. The molecule has 0 bridgehead atoms. The van der Waals surface area contributed by atoms with Crippen molar-refractivity contribution in [2.75, 3.05) is 5.73 Å². The highest BCUT2D eigenvalue weighted by molar-refractivity contribution is 5.82. The molecule has 15 heavy (non-hydrogen) atoms. The van der Waals surface area contributed by atoms with E-state index in [0.717, 1.165) is 0 Å². The molecule has 2 rings (SSSR count). The van der Waals surface area contributed by atoms with Crippen LogP contribution in [0, 0.1) is 0 Å². The monoisotopic (exact) mass is 205 g/mol. The van der Waals surface area contributed by atoms with Crippen LogP contribution in [-0.2, 0) is 0 Å². The zero-order chi connectivity index (χ0) is 10.8. The van der Waals surface area contributed by atoms with Crippen LogP contribution in [0.4, 0.5) is 5.69 Å². The van der Waals surface area contributed by atoms with Gasteiger partial charge in [-0.3, -0.25) is 0 Å². The van der Waals surface area contributed by atoms with Crippen molar-refractivity contribution in [1.29, 1.82) is 0 Å². The second-order valence-corrected chi connectivity index (χ2v) is 2.85. The van der Waals surface area contributed by atoms with Gasteiger partial charge in [0.25, 0.3) is 0 Å². The average Bonchev–Trinajstić information content (AvgIpc) is 2.66. The van der Waals surface area contributed by atoms with Crippen molar-refractivity contribution < 1.29 is 14.4 Å². The van der Waals surface area contributed by atoms with Crippen LogP contribution >= 0.6 is 0 Å². The predicted octanol–water partition coefficient (Wildman–Crippen LogP) is 1.02. The number of anilines is 1. The third-order valence-electron chi connectivity index (χ3n) is 1.75. The molecule has 0 aliphatic carbocycles. The second kappa shape index (κ2) is 3.41. The minimum atomic E-state index is -1.25. The van der Waals surface area contributed by atoms with E-state index in [-0.39, 0.29) is 5.82 Å². The quantitative estimate of drug-likeness (QED) is 0.709. The van der Waals surface area contributed by atoms with Gasteiger partial charge in [0.2, 0.25) is 5.82 Å². The maximum absolute atomic E-state index is 10.5. The summed E-state index contributed by atoms with van der Waals surface area (Å²) >= 11 is 0. The summed E-state index contributed by atoms with van der Waals surface area (Å²) in [5.41, 5.74) is 6.73. The highest BCUT2D eigenvalue weighted by Crippen LogP contribution is 2.17. The lowest BCUT2D eigenvalue weighted by Gasteiger charge is -1.94. The first-order valence-corrected chi connectivity index (χ1v) is 4.10. The Balaban J connectivity index is 2.41. The van der Waals surface area contributed by atoms with Crippen LogP contribution in [0.5, 0.6) is 0 Å². The molecule has 0 spiro atoms. The zero-order valence-electron chi connectivity index (χ0n) is 7.54. The zero-order valence-corrected chi connectivity index (χ0v) is 7.54. The lowest BCUT2D eigenvalue weighted by molar-refractivity contribution is 0.0643. The molecule has 1 aromatic heterocycles. The molecule has 0 aliphatic rings. The molecule has 0 aliphatic heterocycles. The summed E-state index contributed by atoms with van der Waals surface area (Å²) in [5, 5.41) is 12.1. The second-order valence-electron chi connectivity index (χ2n) is 2.85. The number of nitrogens with two attached hydrogens (primary N) is 1. The fourth-order valence-electron chi connectivity index (χ4n) is 1.11. The van der Waals surface area contributed by atoms with Gasteiger partial charge in [0, 0.05) is 11.3 Å². The fourth-order valence-corrected chi connectivity index (χ4v) is 1.11. The lowest BCUT2D eigenvalue weighted by atomic mass is 10.2. The number of carboxylic acids is 1. The van der Waals surface area contributed by atoms with E-state index in [9.17, 15) is 4.79 Å². The number of hydrogen-bond acceptors (Lipinski definition) is 5. The van der Waals surface area contributed by atoms with Gasteiger partial charge < -0.3 is 15.4 Å². The van der Waals surface area contributed by atoms with Crippen molar-refractivity contribution in [1.82, 2.24) is 10.1 Å². The molecule has 0 saturated carbocycles. The Kier molecular flexibility index (Phi) is 2.09. The van der Waals surface area contributed by atoms with Gasteiger partial charge in [0.15, 0.2) is 0 Å². The number of rotatable bonds is 2. The summed E-state index contributed by atoms with van der Waals surface area (Å²) < 4.78 is 4.52. The Bertz CT molecular complexity index is 507. The Morgan fingerprint density at radius 2 is 2.27 bits per heavy atom.